The van der Waals surface area contributed by atoms with Crippen molar-refractivity contribution in [1.82, 2.24) is 21.3 Å². The maximum absolute atomic E-state index is 12.8. The van der Waals surface area contributed by atoms with E-state index in [9.17, 15) is 4.79 Å². The second-order valence-electron chi connectivity index (χ2n) is 5.93. The molecule has 1 aliphatic rings. The van der Waals surface area contributed by atoms with Crippen molar-refractivity contribution >= 4 is 41.1 Å². The Kier molecular flexibility index (Phi) is 6.76. The maximum Gasteiger partial charge on any atom is 0.251 e. The number of aryl methyl sites for hydroxylation is 1. The van der Waals surface area contributed by atoms with Gasteiger partial charge in [0.2, 0.25) is 0 Å². The minimum atomic E-state index is -0.450. The molecule has 6 nitrogen and oxygen atoms in total. The van der Waals surface area contributed by atoms with Crippen molar-refractivity contribution in [1.29, 1.82) is 5.41 Å². The first-order valence-electron chi connectivity index (χ1n) is 8.06. The zero-order valence-electron chi connectivity index (χ0n) is 14.9. The van der Waals surface area contributed by atoms with Crippen LogP contribution in [-0.2, 0) is 4.79 Å². The van der Waals surface area contributed by atoms with E-state index in [1.165, 1.54) is 6.21 Å². The highest BCUT2D eigenvalue weighted by Gasteiger charge is 2.31. The highest BCUT2D eigenvalue weighted by atomic mass is 35.5. The van der Waals surface area contributed by atoms with Crippen LogP contribution in [0.2, 0.25) is 5.02 Å². The van der Waals surface area contributed by atoms with E-state index in [1.807, 2.05) is 25.1 Å². The highest BCUT2D eigenvalue weighted by molar-refractivity contribution is 7.80. The summed E-state index contributed by atoms with van der Waals surface area (Å²) in [6.45, 7) is 3.99. The molecule has 0 aliphatic carbocycles. The van der Waals surface area contributed by atoms with Gasteiger partial charge in [-0.25, -0.2) is 0 Å². The smallest absolute Gasteiger partial charge is 0.251 e. The van der Waals surface area contributed by atoms with Crippen molar-refractivity contribution in [3.63, 3.8) is 0 Å². The summed E-state index contributed by atoms with van der Waals surface area (Å²) >= 11 is 11.7. The SMILES string of the molecule is CN/C=C(\C=N)CNC(=O)C1=C(C)NC(=S)NC1c1ccc(C)cc1Cl. The predicted molar refractivity (Wildman–Crippen MR) is 109 cm³/mol. The van der Waals surface area contributed by atoms with E-state index in [4.69, 9.17) is 29.2 Å². The zero-order valence-corrected chi connectivity index (χ0v) is 16.4. The summed E-state index contributed by atoms with van der Waals surface area (Å²) in [5, 5.41) is 20.2. The molecule has 8 heteroatoms. The lowest BCUT2D eigenvalue weighted by atomic mass is 9.94. The molecule has 0 bridgehead atoms. The molecule has 1 aliphatic heterocycles. The number of nitrogens with one attached hydrogen (secondary N) is 5. The predicted octanol–water partition coefficient (Wildman–Crippen LogP) is 2.31. The third-order valence-electron chi connectivity index (χ3n) is 3.95. The molecule has 0 saturated carbocycles. The number of benzene rings is 1. The Morgan fingerprint density at radius 2 is 2.15 bits per heavy atom. The number of hydrogen-bond acceptors (Lipinski definition) is 4. The quantitative estimate of drug-likeness (QED) is 0.379. The van der Waals surface area contributed by atoms with Gasteiger partial charge < -0.3 is 26.7 Å². The van der Waals surface area contributed by atoms with Gasteiger partial charge in [0.1, 0.15) is 0 Å². The summed E-state index contributed by atoms with van der Waals surface area (Å²) < 4.78 is 0. The molecule has 0 saturated heterocycles. The molecular formula is C18H22ClN5OS. The topological polar surface area (TPSA) is 89.0 Å². The number of amides is 1. The fourth-order valence-electron chi connectivity index (χ4n) is 2.70. The lowest BCUT2D eigenvalue weighted by molar-refractivity contribution is -0.117. The Morgan fingerprint density at radius 3 is 2.77 bits per heavy atom. The molecule has 1 aromatic carbocycles. The molecule has 2 rings (SSSR count). The molecule has 0 radical (unpaired) electrons. The van der Waals surface area contributed by atoms with Crippen LogP contribution in [0.3, 0.4) is 0 Å². The molecular weight excluding hydrogens is 370 g/mol. The van der Waals surface area contributed by atoms with Gasteiger partial charge in [-0.15, -0.1) is 0 Å². The van der Waals surface area contributed by atoms with Crippen LogP contribution >= 0.6 is 23.8 Å². The molecule has 0 aromatic heterocycles. The van der Waals surface area contributed by atoms with Crippen LogP contribution in [0.25, 0.3) is 0 Å². The molecule has 1 amide bonds. The minimum absolute atomic E-state index is 0.235. The summed E-state index contributed by atoms with van der Waals surface area (Å²) in [7, 11) is 1.74. The molecule has 0 spiro atoms. The second-order valence-corrected chi connectivity index (χ2v) is 6.75. The van der Waals surface area contributed by atoms with Gasteiger partial charge in [0.05, 0.1) is 11.6 Å². The molecule has 1 unspecified atom stereocenters. The molecule has 26 heavy (non-hydrogen) atoms. The Balaban J connectivity index is 2.33. The number of thiocarbonyl (C=S) groups is 1. The average molecular weight is 392 g/mol. The Bertz CT molecular complexity index is 803. The van der Waals surface area contributed by atoms with Crippen LogP contribution in [0.1, 0.15) is 24.1 Å². The lowest BCUT2D eigenvalue weighted by Crippen LogP contribution is -2.47. The summed E-state index contributed by atoms with van der Waals surface area (Å²) in [4.78, 5) is 12.8. The first-order chi connectivity index (χ1) is 12.4. The average Bonchev–Trinajstić information content (AvgIpc) is 2.57. The fourth-order valence-corrected chi connectivity index (χ4v) is 3.32. The number of carbonyl (C=O) groups excluding carboxylic acids is 1. The van der Waals surface area contributed by atoms with Gasteiger partial charge in [0.25, 0.3) is 5.91 Å². The fraction of sp³-hybridized carbons (Fsp3) is 0.278. The first-order valence-corrected chi connectivity index (χ1v) is 8.85. The Hall–Kier alpha value is -2.38. The number of hydrogen-bond donors (Lipinski definition) is 5. The van der Waals surface area contributed by atoms with Gasteiger partial charge in [-0.3, -0.25) is 4.79 Å². The number of rotatable bonds is 6. The van der Waals surface area contributed by atoms with E-state index in [-0.39, 0.29) is 12.5 Å². The van der Waals surface area contributed by atoms with Crippen molar-refractivity contribution in [3.8, 4) is 0 Å². The molecule has 1 atom stereocenters. The third kappa shape index (κ3) is 4.62. The molecule has 1 heterocycles. The van der Waals surface area contributed by atoms with Crippen molar-refractivity contribution < 1.29 is 4.79 Å². The van der Waals surface area contributed by atoms with Crippen molar-refractivity contribution in [2.45, 2.75) is 19.9 Å². The van der Waals surface area contributed by atoms with Crippen LogP contribution in [-0.4, -0.2) is 30.8 Å². The largest absolute Gasteiger partial charge is 0.394 e. The van der Waals surface area contributed by atoms with Gasteiger partial charge in [-0.2, -0.15) is 0 Å². The molecule has 0 fully saturated rings. The van der Waals surface area contributed by atoms with Crippen LogP contribution < -0.4 is 21.3 Å². The summed E-state index contributed by atoms with van der Waals surface area (Å²) in [5.74, 6) is -0.254. The van der Waals surface area contributed by atoms with E-state index < -0.39 is 6.04 Å². The standard InChI is InChI=1S/C18H22ClN5OS/c1-10-4-5-13(14(19)6-10)16-15(11(2)23-18(26)24-16)17(25)22-9-12(7-20)8-21-3/h4-8,16,20-21H,9H2,1-3H3,(H,22,25)(H2,23,24,26)/b12-8+,20-7?. The van der Waals surface area contributed by atoms with Crippen molar-refractivity contribution in [2.24, 2.45) is 0 Å². The summed E-state index contributed by atoms with van der Waals surface area (Å²) in [6, 6.07) is 5.25. The monoisotopic (exact) mass is 391 g/mol. The number of carbonyl (C=O) groups is 1. The summed E-state index contributed by atoms with van der Waals surface area (Å²) in [6.07, 6.45) is 2.86. The Labute approximate surface area is 163 Å². The minimum Gasteiger partial charge on any atom is -0.394 e. The molecule has 5 N–H and O–H groups in total. The van der Waals surface area contributed by atoms with Crippen LogP contribution in [0.5, 0.6) is 0 Å². The normalized spacial score (nSPS) is 17.3. The van der Waals surface area contributed by atoms with Crippen molar-refractivity contribution in [2.75, 3.05) is 13.6 Å². The van der Waals surface area contributed by atoms with E-state index in [2.05, 4.69) is 21.3 Å². The van der Waals surface area contributed by atoms with E-state index in [0.717, 1.165) is 11.1 Å². The highest BCUT2D eigenvalue weighted by Crippen LogP contribution is 2.32. The Morgan fingerprint density at radius 1 is 1.42 bits per heavy atom. The molecule has 1 aromatic rings. The van der Waals surface area contributed by atoms with Gasteiger partial charge in [-0.1, -0.05) is 23.7 Å². The number of halogens is 1. The van der Waals surface area contributed by atoms with Crippen LogP contribution in [0.15, 0.2) is 41.2 Å². The van der Waals surface area contributed by atoms with Crippen LogP contribution in [0.4, 0.5) is 0 Å². The third-order valence-corrected chi connectivity index (χ3v) is 4.50. The van der Waals surface area contributed by atoms with Gasteiger partial charge in [0.15, 0.2) is 5.11 Å². The van der Waals surface area contributed by atoms with Crippen molar-refractivity contribution in [3.05, 3.63) is 57.4 Å². The summed E-state index contributed by atoms with van der Waals surface area (Å²) in [5.41, 5.74) is 3.65. The van der Waals surface area contributed by atoms with E-state index >= 15 is 0 Å². The van der Waals surface area contributed by atoms with Crippen LogP contribution in [0, 0.1) is 12.3 Å². The van der Waals surface area contributed by atoms with E-state index in [1.54, 1.807) is 20.2 Å². The number of allylic oxidation sites excluding steroid dienone is 1. The van der Waals surface area contributed by atoms with Gasteiger partial charge in [-0.05, 0) is 43.3 Å². The zero-order chi connectivity index (χ0) is 19.3. The lowest BCUT2D eigenvalue weighted by Gasteiger charge is -2.31. The first kappa shape index (κ1) is 19.9. The van der Waals surface area contributed by atoms with Gasteiger partial charge in [0, 0.05) is 42.3 Å². The van der Waals surface area contributed by atoms with E-state index in [0.29, 0.717) is 27.0 Å². The van der Waals surface area contributed by atoms with Gasteiger partial charge >= 0.3 is 0 Å². The molecule has 138 valence electrons. The maximum atomic E-state index is 12.8. The second kappa shape index (κ2) is 8.82.